The molecule has 2 N–H and O–H groups in total. The molecule has 4 rings (SSSR count). The van der Waals surface area contributed by atoms with Crippen molar-refractivity contribution in [1.82, 2.24) is 9.88 Å². The van der Waals surface area contributed by atoms with E-state index in [2.05, 4.69) is 5.32 Å². The molecular weight excluding hydrogens is 377 g/mol. The maximum absolute atomic E-state index is 15.1. The van der Waals surface area contributed by atoms with Crippen LogP contribution in [-0.4, -0.2) is 48.4 Å². The van der Waals surface area contributed by atoms with E-state index < -0.39 is 17.2 Å². The van der Waals surface area contributed by atoms with E-state index in [1.54, 1.807) is 4.57 Å². The molecule has 1 unspecified atom stereocenters. The zero-order valence-electron chi connectivity index (χ0n) is 17.3. The number of carboxylic acids is 1. The zero-order valence-corrected chi connectivity index (χ0v) is 17.3. The third kappa shape index (κ3) is 3.81. The van der Waals surface area contributed by atoms with Gasteiger partial charge in [0.1, 0.15) is 11.3 Å². The number of rotatable bonds is 4. The van der Waals surface area contributed by atoms with Gasteiger partial charge in [-0.15, -0.1) is 0 Å². The van der Waals surface area contributed by atoms with Gasteiger partial charge in [-0.2, -0.15) is 0 Å². The van der Waals surface area contributed by atoms with Gasteiger partial charge < -0.3 is 24.6 Å². The summed E-state index contributed by atoms with van der Waals surface area (Å²) in [6.45, 7) is 7.97. The van der Waals surface area contributed by atoms with Gasteiger partial charge in [-0.25, -0.2) is 9.18 Å². The molecule has 8 heteroatoms. The van der Waals surface area contributed by atoms with Gasteiger partial charge in [-0.05, 0) is 25.8 Å². The highest BCUT2D eigenvalue weighted by Gasteiger charge is 2.32. The molecule has 29 heavy (non-hydrogen) atoms. The van der Waals surface area contributed by atoms with E-state index in [0.717, 1.165) is 25.5 Å². The van der Waals surface area contributed by atoms with E-state index in [1.165, 1.54) is 13.3 Å². The van der Waals surface area contributed by atoms with Gasteiger partial charge in [0.2, 0.25) is 5.43 Å². The average Bonchev–Trinajstić information content (AvgIpc) is 3.54. The molecule has 2 fully saturated rings. The quantitative estimate of drug-likeness (QED) is 0.814. The minimum Gasteiger partial charge on any atom is -0.492 e. The summed E-state index contributed by atoms with van der Waals surface area (Å²) in [5, 5.41) is 12.7. The first-order valence-electron chi connectivity index (χ1n) is 10.1. The van der Waals surface area contributed by atoms with Crippen LogP contribution in [0, 0.1) is 5.82 Å². The van der Waals surface area contributed by atoms with Gasteiger partial charge in [0.05, 0.1) is 18.0 Å². The number of hydrogen-bond acceptors (Lipinski definition) is 5. The van der Waals surface area contributed by atoms with E-state index in [0.29, 0.717) is 30.0 Å². The number of piperazine rings is 1. The lowest BCUT2D eigenvalue weighted by Crippen LogP contribution is -2.49. The largest absolute Gasteiger partial charge is 0.492 e. The number of methoxy groups -OCH3 is 1. The fourth-order valence-electron chi connectivity index (χ4n) is 3.86. The summed E-state index contributed by atoms with van der Waals surface area (Å²) in [7, 11) is 1.45. The topological polar surface area (TPSA) is 83.8 Å². The van der Waals surface area contributed by atoms with E-state index >= 15 is 4.39 Å². The van der Waals surface area contributed by atoms with Crippen molar-refractivity contribution in [1.29, 1.82) is 0 Å². The minimum absolute atomic E-state index is 0.0445. The molecule has 0 bridgehead atoms. The number of fused-ring (bicyclic) bond motifs is 1. The van der Waals surface area contributed by atoms with Crippen LogP contribution in [0.1, 0.15) is 50.0 Å². The maximum Gasteiger partial charge on any atom is 0.341 e. The standard InChI is InChI=1S/C19H22FN3O4.C2H6/c1-10-8-22(6-5-21-10)16-14(20)7-12-15(18(16)27-2)23(11-3-4-11)9-13(17(12)24)19(25)26;1-2/h7,9-11,21H,3-6,8H2,1-2H3,(H,25,26);1-2H3. The van der Waals surface area contributed by atoms with Crippen LogP contribution in [0.4, 0.5) is 10.1 Å². The Balaban J connectivity index is 0.00000117. The number of anilines is 1. The minimum atomic E-state index is -1.31. The van der Waals surface area contributed by atoms with Gasteiger partial charge >= 0.3 is 5.97 Å². The summed E-state index contributed by atoms with van der Waals surface area (Å²) < 4.78 is 22.5. The third-order valence-corrected chi connectivity index (χ3v) is 5.26. The first-order chi connectivity index (χ1) is 13.9. The van der Waals surface area contributed by atoms with Crippen LogP contribution >= 0.6 is 0 Å². The van der Waals surface area contributed by atoms with Crippen molar-refractivity contribution in [3.63, 3.8) is 0 Å². The number of carboxylic acid groups (broad SMARTS) is 1. The van der Waals surface area contributed by atoms with E-state index in [-0.39, 0.29) is 23.0 Å². The Labute approximate surface area is 169 Å². The molecule has 1 saturated carbocycles. The zero-order chi connectivity index (χ0) is 21.3. The lowest BCUT2D eigenvalue weighted by Gasteiger charge is -2.35. The fraction of sp³-hybridized carbons (Fsp3) is 0.524. The van der Waals surface area contributed by atoms with Crippen LogP contribution < -0.4 is 20.4 Å². The molecule has 1 saturated heterocycles. The fourth-order valence-corrected chi connectivity index (χ4v) is 3.86. The molecule has 1 aliphatic heterocycles. The number of benzene rings is 1. The highest BCUT2D eigenvalue weighted by atomic mass is 19.1. The Bertz CT molecular complexity index is 984. The summed E-state index contributed by atoms with van der Waals surface area (Å²) in [5.74, 6) is -1.59. The van der Waals surface area contributed by atoms with Crippen LogP contribution in [0.25, 0.3) is 10.9 Å². The maximum atomic E-state index is 15.1. The lowest BCUT2D eigenvalue weighted by atomic mass is 10.1. The summed E-state index contributed by atoms with van der Waals surface area (Å²) in [6, 6.07) is 1.45. The molecule has 2 heterocycles. The van der Waals surface area contributed by atoms with Crippen LogP contribution in [0.5, 0.6) is 5.75 Å². The van der Waals surface area contributed by atoms with Crippen molar-refractivity contribution in [3.05, 3.63) is 33.9 Å². The van der Waals surface area contributed by atoms with Gasteiger partial charge in [0, 0.05) is 37.9 Å². The first kappa shape index (κ1) is 21.1. The van der Waals surface area contributed by atoms with Gasteiger partial charge in [0.15, 0.2) is 11.6 Å². The number of hydrogen-bond donors (Lipinski definition) is 2. The molecule has 7 nitrogen and oxygen atoms in total. The molecule has 1 atom stereocenters. The van der Waals surface area contributed by atoms with Crippen LogP contribution in [0.3, 0.4) is 0 Å². The number of nitrogens with zero attached hydrogens (tertiary/aromatic N) is 2. The molecule has 0 amide bonds. The molecule has 158 valence electrons. The number of ether oxygens (including phenoxy) is 1. The number of aromatic carboxylic acids is 1. The van der Waals surface area contributed by atoms with E-state index in [4.69, 9.17) is 4.74 Å². The third-order valence-electron chi connectivity index (χ3n) is 5.26. The highest BCUT2D eigenvalue weighted by Crippen LogP contribution is 2.43. The Kier molecular flexibility index (Phi) is 6.12. The second-order valence-corrected chi connectivity index (χ2v) is 7.25. The molecular formula is C21H28FN3O4. The molecule has 2 aliphatic rings. The SMILES string of the molecule is CC.COc1c(N2CCNC(C)C2)c(F)cc2c(=O)c(C(=O)O)cn(C3CC3)c12. The monoisotopic (exact) mass is 405 g/mol. The van der Waals surface area contributed by atoms with Crippen molar-refractivity contribution in [3.8, 4) is 5.75 Å². The van der Waals surface area contributed by atoms with Gasteiger partial charge in [0.25, 0.3) is 0 Å². The van der Waals surface area contributed by atoms with Crippen molar-refractivity contribution < 1.29 is 19.0 Å². The van der Waals surface area contributed by atoms with Gasteiger partial charge in [-0.3, -0.25) is 4.79 Å². The normalized spacial score (nSPS) is 18.9. The van der Waals surface area contributed by atoms with Crippen molar-refractivity contribution in [2.75, 3.05) is 31.6 Å². The summed E-state index contributed by atoms with van der Waals surface area (Å²) in [6.07, 6.45) is 3.14. The van der Waals surface area contributed by atoms with Crippen LogP contribution in [0.15, 0.2) is 17.1 Å². The van der Waals surface area contributed by atoms with Crippen molar-refractivity contribution in [2.24, 2.45) is 0 Å². The molecule has 1 aliphatic carbocycles. The summed E-state index contributed by atoms with van der Waals surface area (Å²) >= 11 is 0. The molecule has 0 spiro atoms. The van der Waals surface area contributed by atoms with Gasteiger partial charge in [-0.1, -0.05) is 13.8 Å². The van der Waals surface area contributed by atoms with Crippen molar-refractivity contribution in [2.45, 2.75) is 45.7 Å². The molecule has 1 aromatic carbocycles. The van der Waals surface area contributed by atoms with E-state index in [1.807, 2.05) is 25.7 Å². The summed E-state index contributed by atoms with van der Waals surface area (Å²) in [4.78, 5) is 26.1. The highest BCUT2D eigenvalue weighted by molar-refractivity contribution is 5.97. The number of aromatic nitrogens is 1. The number of nitrogens with one attached hydrogen (secondary N) is 1. The first-order valence-corrected chi connectivity index (χ1v) is 10.1. The second kappa shape index (κ2) is 8.41. The van der Waals surface area contributed by atoms with Crippen molar-refractivity contribution >= 4 is 22.6 Å². The predicted molar refractivity (Wildman–Crippen MR) is 111 cm³/mol. The van der Waals surface area contributed by atoms with Crippen LogP contribution in [-0.2, 0) is 0 Å². The Morgan fingerprint density at radius 3 is 2.59 bits per heavy atom. The Hall–Kier alpha value is -2.61. The number of carbonyl (C=O) groups is 1. The Morgan fingerprint density at radius 1 is 1.34 bits per heavy atom. The number of pyridine rings is 1. The lowest BCUT2D eigenvalue weighted by molar-refractivity contribution is 0.0695. The smallest absolute Gasteiger partial charge is 0.341 e. The van der Waals surface area contributed by atoms with Crippen LogP contribution in [0.2, 0.25) is 0 Å². The predicted octanol–water partition coefficient (Wildman–Crippen LogP) is 3.01. The summed E-state index contributed by atoms with van der Waals surface area (Å²) in [5.41, 5.74) is -0.237. The Morgan fingerprint density at radius 2 is 2.03 bits per heavy atom. The van der Waals surface area contributed by atoms with E-state index in [9.17, 15) is 14.7 Å². The number of halogens is 1. The second-order valence-electron chi connectivity index (χ2n) is 7.25. The molecule has 2 aromatic rings. The molecule has 1 aromatic heterocycles. The average molecular weight is 405 g/mol. The molecule has 0 radical (unpaired) electrons.